The quantitative estimate of drug-likeness (QED) is 0.487. The van der Waals surface area contributed by atoms with E-state index in [1.807, 2.05) is 25.3 Å². The average molecular weight is 425 g/mol. The van der Waals surface area contributed by atoms with E-state index in [-0.39, 0.29) is 18.2 Å². The number of anilines is 3. The largest absolute Gasteiger partial charge is 0.394 e. The fourth-order valence-corrected chi connectivity index (χ4v) is 3.49. The minimum atomic E-state index is -0.260. The van der Waals surface area contributed by atoms with Crippen LogP contribution in [0, 0.1) is 0 Å². The lowest BCUT2D eigenvalue weighted by Crippen LogP contribution is -2.39. The molecule has 0 spiro atoms. The van der Waals surface area contributed by atoms with Gasteiger partial charge in [-0.25, -0.2) is 9.97 Å². The van der Waals surface area contributed by atoms with Crippen LogP contribution in [0.2, 0.25) is 0 Å². The second-order valence-corrected chi connectivity index (χ2v) is 7.53. The fraction of sp³-hybridized carbons (Fsp3) is 0.429. The number of aliphatic hydroxyl groups excluding tert-OH is 1. The smallest absolute Gasteiger partial charge is 0.262 e. The van der Waals surface area contributed by atoms with Crippen LogP contribution in [0.5, 0.6) is 0 Å². The number of hydrogen-bond donors (Lipinski definition) is 3. The molecular formula is C21H27N7O3. The summed E-state index contributed by atoms with van der Waals surface area (Å²) < 4.78 is 7.10. The summed E-state index contributed by atoms with van der Waals surface area (Å²) in [6, 6.07) is 3.46. The van der Waals surface area contributed by atoms with E-state index in [9.17, 15) is 9.90 Å². The summed E-state index contributed by atoms with van der Waals surface area (Å²) in [5.41, 5.74) is -0.114. The van der Waals surface area contributed by atoms with Crippen molar-refractivity contribution in [2.24, 2.45) is 0 Å². The lowest BCUT2D eigenvalue weighted by Gasteiger charge is -2.26. The highest BCUT2D eigenvalue weighted by Gasteiger charge is 2.15. The molecule has 0 bridgehead atoms. The molecule has 0 radical (unpaired) electrons. The number of rotatable bonds is 8. The monoisotopic (exact) mass is 425 g/mol. The Morgan fingerprint density at radius 1 is 1.23 bits per heavy atom. The van der Waals surface area contributed by atoms with Gasteiger partial charge in [0.05, 0.1) is 31.4 Å². The number of morpholine rings is 1. The molecule has 1 unspecified atom stereocenters. The summed E-state index contributed by atoms with van der Waals surface area (Å²) in [5.74, 6) is 1.51. The summed E-state index contributed by atoms with van der Waals surface area (Å²) in [6.45, 7) is 6.33. The van der Waals surface area contributed by atoms with Gasteiger partial charge in [-0.1, -0.05) is 0 Å². The molecule has 0 amide bonds. The van der Waals surface area contributed by atoms with Gasteiger partial charge in [-0.05, 0) is 24.4 Å². The first-order valence-electron chi connectivity index (χ1n) is 10.4. The van der Waals surface area contributed by atoms with Crippen molar-refractivity contribution in [3.8, 4) is 0 Å². The average Bonchev–Trinajstić information content (AvgIpc) is 2.79. The maximum Gasteiger partial charge on any atom is 0.262 e. The van der Waals surface area contributed by atoms with Crippen LogP contribution in [0.1, 0.15) is 6.92 Å². The van der Waals surface area contributed by atoms with Gasteiger partial charge in [-0.15, -0.1) is 0 Å². The molecule has 1 atom stereocenters. The molecule has 3 aromatic rings. The van der Waals surface area contributed by atoms with E-state index in [1.54, 1.807) is 23.2 Å². The third-order valence-electron chi connectivity index (χ3n) is 5.20. The van der Waals surface area contributed by atoms with Crippen LogP contribution in [0.4, 0.5) is 17.5 Å². The van der Waals surface area contributed by atoms with Crippen LogP contribution in [-0.4, -0.2) is 75.0 Å². The Morgan fingerprint density at radius 2 is 2.06 bits per heavy atom. The second-order valence-electron chi connectivity index (χ2n) is 7.53. The van der Waals surface area contributed by atoms with Crippen LogP contribution in [0.3, 0.4) is 0 Å². The molecule has 31 heavy (non-hydrogen) atoms. The zero-order chi connectivity index (χ0) is 21.6. The summed E-state index contributed by atoms with van der Waals surface area (Å²) >= 11 is 0. The topological polar surface area (TPSA) is 117 Å². The van der Waals surface area contributed by atoms with Crippen LogP contribution < -0.4 is 16.2 Å². The molecule has 1 saturated heterocycles. The Labute approximate surface area is 179 Å². The van der Waals surface area contributed by atoms with Crippen molar-refractivity contribution in [3.05, 3.63) is 47.3 Å². The van der Waals surface area contributed by atoms with E-state index in [4.69, 9.17) is 4.74 Å². The van der Waals surface area contributed by atoms with Gasteiger partial charge >= 0.3 is 0 Å². The number of aliphatic hydroxyl groups is 1. The summed E-state index contributed by atoms with van der Waals surface area (Å²) in [7, 11) is 0. The number of ether oxygens (including phenoxy) is 1. The van der Waals surface area contributed by atoms with Crippen LogP contribution in [0.15, 0.2) is 41.7 Å². The van der Waals surface area contributed by atoms with Crippen LogP contribution >= 0.6 is 0 Å². The molecule has 10 heteroatoms. The van der Waals surface area contributed by atoms with Crippen molar-refractivity contribution in [2.75, 3.05) is 50.1 Å². The van der Waals surface area contributed by atoms with Gasteiger partial charge in [0, 0.05) is 50.8 Å². The van der Waals surface area contributed by atoms with Crippen molar-refractivity contribution >= 4 is 28.2 Å². The van der Waals surface area contributed by atoms with Crippen molar-refractivity contribution < 1.29 is 9.84 Å². The number of nitrogens with zero attached hydrogens (tertiary/aromatic N) is 5. The maximum atomic E-state index is 13.3. The van der Waals surface area contributed by atoms with E-state index in [1.165, 1.54) is 0 Å². The minimum Gasteiger partial charge on any atom is -0.394 e. The lowest BCUT2D eigenvalue weighted by atomic mass is 10.2. The van der Waals surface area contributed by atoms with Crippen molar-refractivity contribution in [2.45, 2.75) is 19.5 Å². The Balaban J connectivity index is 1.66. The van der Waals surface area contributed by atoms with E-state index in [0.29, 0.717) is 29.4 Å². The van der Waals surface area contributed by atoms with E-state index in [0.717, 1.165) is 38.2 Å². The third-order valence-corrected chi connectivity index (χ3v) is 5.20. The molecule has 3 N–H and O–H groups in total. The Bertz CT molecular complexity index is 1070. The molecule has 0 saturated carbocycles. The molecular weight excluding hydrogens is 398 g/mol. The number of aromatic nitrogens is 4. The molecule has 4 rings (SSSR count). The van der Waals surface area contributed by atoms with Gasteiger partial charge in [0.15, 0.2) is 0 Å². The zero-order valence-electron chi connectivity index (χ0n) is 17.5. The standard InChI is InChI=1S/C21H27N7O3/c1-15(14-29)24-20-19-16(12-17(26-20)25-18-13-22-3-4-23-18)2-5-28(21(19)30)7-6-27-8-10-31-11-9-27/h2-5,12-13,15,29H,6-11,14H2,1H3,(H2,23,24,25,26). The van der Waals surface area contributed by atoms with Crippen molar-refractivity contribution in [3.63, 3.8) is 0 Å². The minimum absolute atomic E-state index is 0.0803. The number of pyridine rings is 2. The van der Waals surface area contributed by atoms with Gasteiger partial charge in [-0.3, -0.25) is 14.7 Å². The fourth-order valence-electron chi connectivity index (χ4n) is 3.49. The van der Waals surface area contributed by atoms with Gasteiger partial charge in [-0.2, -0.15) is 0 Å². The molecule has 0 aromatic carbocycles. The molecule has 10 nitrogen and oxygen atoms in total. The van der Waals surface area contributed by atoms with E-state index in [2.05, 4.69) is 30.5 Å². The Morgan fingerprint density at radius 3 is 2.81 bits per heavy atom. The third kappa shape index (κ3) is 5.16. The first-order valence-corrected chi connectivity index (χ1v) is 10.4. The summed E-state index contributed by atoms with van der Waals surface area (Å²) in [5, 5.41) is 17.0. The highest BCUT2D eigenvalue weighted by molar-refractivity contribution is 5.93. The summed E-state index contributed by atoms with van der Waals surface area (Å²) in [6.07, 6.45) is 6.59. The first kappa shape index (κ1) is 21.2. The van der Waals surface area contributed by atoms with Gasteiger partial charge in [0.2, 0.25) is 0 Å². The Hall–Kier alpha value is -3.08. The second kappa shape index (κ2) is 9.82. The van der Waals surface area contributed by atoms with E-state index < -0.39 is 0 Å². The van der Waals surface area contributed by atoms with Gasteiger partial charge in [0.25, 0.3) is 5.56 Å². The van der Waals surface area contributed by atoms with Crippen molar-refractivity contribution in [1.82, 2.24) is 24.4 Å². The predicted molar refractivity (Wildman–Crippen MR) is 119 cm³/mol. The van der Waals surface area contributed by atoms with E-state index >= 15 is 0 Å². The van der Waals surface area contributed by atoms with Gasteiger partial charge < -0.3 is 25.0 Å². The molecule has 1 fully saturated rings. The highest BCUT2D eigenvalue weighted by atomic mass is 16.5. The van der Waals surface area contributed by atoms with Gasteiger partial charge in [0.1, 0.15) is 17.5 Å². The number of nitrogens with one attached hydrogen (secondary N) is 2. The lowest BCUT2D eigenvalue weighted by molar-refractivity contribution is 0.0363. The van der Waals surface area contributed by atoms with Crippen molar-refractivity contribution in [1.29, 1.82) is 0 Å². The maximum absolute atomic E-state index is 13.3. The summed E-state index contributed by atoms with van der Waals surface area (Å²) in [4.78, 5) is 28.4. The molecule has 1 aliphatic rings. The van der Waals surface area contributed by atoms with Crippen LogP contribution in [-0.2, 0) is 11.3 Å². The van der Waals surface area contributed by atoms with Crippen LogP contribution in [0.25, 0.3) is 10.8 Å². The SMILES string of the molecule is CC(CO)Nc1nc(Nc2cnccn2)cc2ccn(CCN3CCOCC3)c(=O)c12. The predicted octanol–water partition coefficient (Wildman–Crippen LogP) is 1.05. The molecule has 1 aliphatic heterocycles. The highest BCUT2D eigenvalue weighted by Crippen LogP contribution is 2.24. The molecule has 0 aliphatic carbocycles. The molecule has 164 valence electrons. The molecule has 3 aromatic heterocycles. The number of fused-ring (bicyclic) bond motifs is 1. The zero-order valence-corrected chi connectivity index (χ0v) is 17.5. The Kier molecular flexibility index (Phi) is 6.70. The normalized spacial score (nSPS) is 15.7. The molecule has 4 heterocycles. The first-order chi connectivity index (χ1) is 15.1. The number of hydrogen-bond acceptors (Lipinski definition) is 9.